The second-order valence-electron chi connectivity index (χ2n) is 5.79. The minimum Gasteiger partial charge on any atom is -0.384 e. The van der Waals surface area contributed by atoms with Crippen molar-refractivity contribution >= 4 is 5.82 Å². The van der Waals surface area contributed by atoms with Crippen LogP contribution in [0.1, 0.15) is 69.8 Å². The lowest BCUT2D eigenvalue weighted by Gasteiger charge is -2.21. The number of imidazole rings is 1. The summed E-state index contributed by atoms with van der Waals surface area (Å²) < 4.78 is 7.67. The highest BCUT2D eigenvalue weighted by Crippen LogP contribution is 2.32. The average Bonchev–Trinajstić information content (AvgIpc) is 2.75. The molecule has 0 aromatic carbocycles. The second-order valence-corrected chi connectivity index (χ2v) is 5.79. The summed E-state index contributed by atoms with van der Waals surface area (Å²) in [5.41, 5.74) is 7.49. The molecule has 0 atom stereocenters. The number of ether oxygens (including phenoxy) is 1. The summed E-state index contributed by atoms with van der Waals surface area (Å²) in [6.07, 6.45) is 4.44. The molecule has 1 aliphatic rings. The van der Waals surface area contributed by atoms with E-state index in [-0.39, 0.29) is 0 Å². The van der Waals surface area contributed by atoms with Crippen LogP contribution in [0.5, 0.6) is 0 Å². The minimum atomic E-state index is 0.424. The Morgan fingerprint density at radius 2 is 2.05 bits per heavy atom. The van der Waals surface area contributed by atoms with Crippen LogP contribution in [0.4, 0.5) is 5.82 Å². The highest BCUT2D eigenvalue weighted by molar-refractivity contribution is 5.41. The monoisotopic (exact) mass is 265 g/mol. The van der Waals surface area contributed by atoms with Gasteiger partial charge in [-0.05, 0) is 19.3 Å². The number of nitrogens with zero attached hydrogens (tertiary/aromatic N) is 2. The molecule has 1 saturated heterocycles. The highest BCUT2D eigenvalue weighted by atomic mass is 16.5. The Hall–Kier alpha value is -1.03. The van der Waals surface area contributed by atoms with E-state index in [2.05, 4.69) is 25.3 Å². The van der Waals surface area contributed by atoms with Crippen molar-refractivity contribution in [2.45, 2.75) is 64.8 Å². The van der Waals surface area contributed by atoms with E-state index in [1.54, 1.807) is 0 Å². The van der Waals surface area contributed by atoms with Gasteiger partial charge >= 0.3 is 0 Å². The first kappa shape index (κ1) is 14.4. The summed E-state index contributed by atoms with van der Waals surface area (Å²) >= 11 is 0. The van der Waals surface area contributed by atoms with Crippen molar-refractivity contribution in [1.29, 1.82) is 0 Å². The molecule has 108 valence electrons. The first-order chi connectivity index (χ1) is 9.15. The van der Waals surface area contributed by atoms with Gasteiger partial charge in [0.25, 0.3) is 0 Å². The molecule has 0 saturated carbocycles. The summed E-state index contributed by atoms with van der Waals surface area (Å²) in [7, 11) is 0. The Kier molecular flexibility index (Phi) is 4.86. The van der Waals surface area contributed by atoms with Gasteiger partial charge in [0, 0.05) is 31.6 Å². The highest BCUT2D eigenvalue weighted by Gasteiger charge is 2.25. The molecule has 19 heavy (non-hydrogen) atoms. The zero-order chi connectivity index (χ0) is 13.8. The van der Waals surface area contributed by atoms with Crippen molar-refractivity contribution in [3.05, 3.63) is 11.5 Å². The standard InChI is InChI=1S/C15H27N3O/c1-4-5-8-18-14(16)13(17-15(18)11(2)3)12-6-9-19-10-7-12/h11-12H,4-10,16H2,1-3H3. The van der Waals surface area contributed by atoms with Crippen molar-refractivity contribution in [3.63, 3.8) is 0 Å². The van der Waals surface area contributed by atoms with Crippen LogP contribution in [-0.4, -0.2) is 22.8 Å². The van der Waals surface area contributed by atoms with Gasteiger partial charge in [0.2, 0.25) is 0 Å². The van der Waals surface area contributed by atoms with E-state index in [0.29, 0.717) is 11.8 Å². The van der Waals surface area contributed by atoms with Gasteiger partial charge in [-0.2, -0.15) is 0 Å². The predicted octanol–water partition coefficient (Wildman–Crippen LogP) is 3.28. The molecule has 0 spiro atoms. The Morgan fingerprint density at radius 1 is 1.37 bits per heavy atom. The number of unbranched alkanes of at least 4 members (excludes halogenated alkanes) is 1. The third-order valence-corrected chi connectivity index (χ3v) is 3.92. The van der Waals surface area contributed by atoms with Crippen molar-refractivity contribution in [3.8, 4) is 0 Å². The summed E-state index contributed by atoms with van der Waals surface area (Å²) in [4.78, 5) is 4.87. The van der Waals surface area contributed by atoms with Gasteiger partial charge in [-0.3, -0.25) is 0 Å². The molecule has 0 bridgehead atoms. The van der Waals surface area contributed by atoms with Crippen molar-refractivity contribution in [1.82, 2.24) is 9.55 Å². The first-order valence-electron chi connectivity index (χ1n) is 7.58. The van der Waals surface area contributed by atoms with Gasteiger partial charge in [0.15, 0.2) is 0 Å². The van der Waals surface area contributed by atoms with Crippen LogP contribution in [0.25, 0.3) is 0 Å². The number of nitrogens with two attached hydrogens (primary N) is 1. The number of aromatic nitrogens is 2. The molecule has 0 unspecified atom stereocenters. The molecule has 1 aromatic rings. The van der Waals surface area contributed by atoms with Crippen LogP contribution >= 0.6 is 0 Å². The molecule has 1 aliphatic heterocycles. The van der Waals surface area contributed by atoms with Crippen LogP contribution in [0.15, 0.2) is 0 Å². The summed E-state index contributed by atoms with van der Waals surface area (Å²) in [5.74, 6) is 2.94. The minimum absolute atomic E-state index is 0.424. The van der Waals surface area contributed by atoms with Crippen LogP contribution in [0.2, 0.25) is 0 Å². The third-order valence-electron chi connectivity index (χ3n) is 3.92. The Labute approximate surface area is 116 Å². The van der Waals surface area contributed by atoms with Crippen molar-refractivity contribution in [2.24, 2.45) is 0 Å². The van der Waals surface area contributed by atoms with E-state index in [0.717, 1.165) is 56.4 Å². The largest absolute Gasteiger partial charge is 0.384 e. The zero-order valence-corrected chi connectivity index (χ0v) is 12.5. The van der Waals surface area contributed by atoms with E-state index in [4.69, 9.17) is 15.5 Å². The van der Waals surface area contributed by atoms with Gasteiger partial charge in [0.05, 0.1) is 5.69 Å². The number of hydrogen-bond donors (Lipinski definition) is 1. The van der Waals surface area contributed by atoms with E-state index in [9.17, 15) is 0 Å². The summed E-state index contributed by atoms with van der Waals surface area (Å²) in [6.45, 7) is 9.26. The smallest absolute Gasteiger partial charge is 0.127 e. The quantitative estimate of drug-likeness (QED) is 0.889. The number of rotatable bonds is 5. The molecule has 4 nitrogen and oxygen atoms in total. The van der Waals surface area contributed by atoms with E-state index in [1.165, 1.54) is 6.42 Å². The lowest BCUT2D eigenvalue weighted by molar-refractivity contribution is 0.0847. The van der Waals surface area contributed by atoms with Gasteiger partial charge in [-0.1, -0.05) is 27.2 Å². The van der Waals surface area contributed by atoms with Crippen LogP contribution < -0.4 is 5.73 Å². The number of hydrogen-bond acceptors (Lipinski definition) is 3. The molecule has 2 heterocycles. The fourth-order valence-corrected chi connectivity index (χ4v) is 2.77. The molecule has 0 amide bonds. The molecular weight excluding hydrogens is 238 g/mol. The average molecular weight is 265 g/mol. The molecule has 2 N–H and O–H groups in total. The maximum absolute atomic E-state index is 6.37. The maximum atomic E-state index is 6.37. The van der Waals surface area contributed by atoms with Gasteiger partial charge in [0.1, 0.15) is 11.6 Å². The van der Waals surface area contributed by atoms with E-state index in [1.807, 2.05) is 0 Å². The van der Waals surface area contributed by atoms with Crippen LogP contribution in [-0.2, 0) is 11.3 Å². The van der Waals surface area contributed by atoms with Crippen LogP contribution in [0.3, 0.4) is 0 Å². The molecule has 2 rings (SSSR count). The van der Waals surface area contributed by atoms with Gasteiger partial charge in [-0.25, -0.2) is 4.98 Å². The SMILES string of the molecule is CCCCn1c(C(C)C)nc(C2CCOCC2)c1N. The molecule has 0 aliphatic carbocycles. The summed E-state index contributed by atoms with van der Waals surface area (Å²) in [6, 6.07) is 0. The Balaban J connectivity index is 2.28. The molecule has 1 fully saturated rings. The lowest BCUT2D eigenvalue weighted by atomic mass is 9.96. The second kappa shape index (κ2) is 6.42. The van der Waals surface area contributed by atoms with E-state index >= 15 is 0 Å². The molecule has 0 radical (unpaired) electrons. The zero-order valence-electron chi connectivity index (χ0n) is 12.5. The maximum Gasteiger partial charge on any atom is 0.127 e. The summed E-state index contributed by atoms with van der Waals surface area (Å²) in [5, 5.41) is 0. The fraction of sp³-hybridized carbons (Fsp3) is 0.800. The molecule has 1 aromatic heterocycles. The predicted molar refractivity (Wildman–Crippen MR) is 78.4 cm³/mol. The van der Waals surface area contributed by atoms with Gasteiger partial charge < -0.3 is 15.0 Å². The topological polar surface area (TPSA) is 53.1 Å². The Morgan fingerprint density at radius 3 is 2.63 bits per heavy atom. The third kappa shape index (κ3) is 3.11. The number of anilines is 1. The Bertz CT molecular complexity index is 406. The van der Waals surface area contributed by atoms with Gasteiger partial charge in [-0.15, -0.1) is 0 Å². The van der Waals surface area contributed by atoms with Crippen LogP contribution in [0, 0.1) is 0 Å². The first-order valence-corrected chi connectivity index (χ1v) is 7.58. The fourth-order valence-electron chi connectivity index (χ4n) is 2.77. The van der Waals surface area contributed by atoms with E-state index < -0.39 is 0 Å². The molecule has 4 heteroatoms. The van der Waals surface area contributed by atoms with Crippen molar-refractivity contribution in [2.75, 3.05) is 18.9 Å². The normalized spacial score (nSPS) is 17.3. The molecular formula is C15H27N3O. The number of nitrogen functional groups attached to an aromatic ring is 1. The van der Waals surface area contributed by atoms with Crippen molar-refractivity contribution < 1.29 is 4.74 Å². The lowest BCUT2D eigenvalue weighted by Crippen LogP contribution is -2.16.